The summed E-state index contributed by atoms with van der Waals surface area (Å²) in [7, 11) is 1.47. The van der Waals surface area contributed by atoms with Crippen LogP contribution in [0.15, 0.2) is 64.3 Å². The molecule has 2 aromatic carbocycles. The van der Waals surface area contributed by atoms with Crippen LogP contribution in [0.5, 0.6) is 11.5 Å². The van der Waals surface area contributed by atoms with E-state index in [2.05, 4.69) is 31.4 Å². The summed E-state index contributed by atoms with van der Waals surface area (Å²) in [5.41, 5.74) is 3.29. The Hall–Kier alpha value is -3.60. The molecule has 1 aromatic heterocycles. The quantitative estimate of drug-likeness (QED) is 0.295. The smallest absolute Gasteiger partial charge is 0.417 e. The minimum atomic E-state index is -4.45. The lowest BCUT2D eigenvalue weighted by atomic mass is 10.1. The number of hydrogen-bond acceptors (Lipinski definition) is 6. The third-order valence-electron chi connectivity index (χ3n) is 4.32. The lowest BCUT2D eigenvalue weighted by molar-refractivity contribution is -0.137. The SMILES string of the molecule is COc1cc(/C=N\Nc2ccc(C(F)(F)F)cn2)cc(Br)c1OCc1ccc(C(=O)O)cc1. The average Bonchev–Trinajstić information content (AvgIpc) is 2.78. The van der Waals surface area contributed by atoms with Gasteiger partial charge in [0.15, 0.2) is 11.5 Å². The number of hydrazone groups is 1. The van der Waals surface area contributed by atoms with Gasteiger partial charge in [0.2, 0.25) is 0 Å². The van der Waals surface area contributed by atoms with Crippen molar-refractivity contribution in [3.63, 3.8) is 0 Å². The largest absolute Gasteiger partial charge is 0.493 e. The van der Waals surface area contributed by atoms with Gasteiger partial charge in [-0.3, -0.25) is 5.43 Å². The van der Waals surface area contributed by atoms with E-state index in [-0.39, 0.29) is 18.0 Å². The van der Waals surface area contributed by atoms with Crippen molar-refractivity contribution in [1.82, 2.24) is 4.98 Å². The molecule has 0 amide bonds. The van der Waals surface area contributed by atoms with E-state index < -0.39 is 17.7 Å². The Labute approximate surface area is 195 Å². The molecule has 0 aliphatic heterocycles. The van der Waals surface area contributed by atoms with E-state index in [1.165, 1.54) is 31.5 Å². The van der Waals surface area contributed by atoms with Crippen LogP contribution in [-0.4, -0.2) is 29.4 Å². The van der Waals surface area contributed by atoms with Crippen LogP contribution in [-0.2, 0) is 12.8 Å². The van der Waals surface area contributed by atoms with Gasteiger partial charge < -0.3 is 14.6 Å². The van der Waals surface area contributed by atoms with Gasteiger partial charge in [0.25, 0.3) is 0 Å². The van der Waals surface area contributed by atoms with Crippen molar-refractivity contribution in [3.8, 4) is 11.5 Å². The molecule has 0 saturated heterocycles. The predicted octanol–water partition coefficient (Wildman–Crippen LogP) is 5.59. The van der Waals surface area contributed by atoms with Gasteiger partial charge in [-0.05, 0) is 63.5 Å². The molecule has 33 heavy (non-hydrogen) atoms. The molecule has 0 unspecified atom stereocenters. The molecule has 0 aliphatic carbocycles. The van der Waals surface area contributed by atoms with Crippen molar-refractivity contribution in [1.29, 1.82) is 0 Å². The zero-order valence-electron chi connectivity index (χ0n) is 17.1. The molecular formula is C22H17BrF3N3O4. The summed E-state index contributed by atoms with van der Waals surface area (Å²) < 4.78 is 49.6. The number of aromatic carboxylic acids is 1. The number of methoxy groups -OCH3 is 1. The van der Waals surface area contributed by atoms with Gasteiger partial charge in [-0.25, -0.2) is 9.78 Å². The molecule has 0 atom stereocenters. The van der Waals surface area contributed by atoms with E-state index in [4.69, 9.17) is 14.6 Å². The van der Waals surface area contributed by atoms with Crippen molar-refractivity contribution in [2.75, 3.05) is 12.5 Å². The first-order chi connectivity index (χ1) is 15.7. The summed E-state index contributed by atoms with van der Waals surface area (Å²) >= 11 is 3.42. The summed E-state index contributed by atoms with van der Waals surface area (Å²) in [5, 5.41) is 12.9. The number of benzene rings is 2. The number of carboxylic acid groups (broad SMARTS) is 1. The van der Waals surface area contributed by atoms with Crippen LogP contribution in [0.4, 0.5) is 19.0 Å². The number of pyridine rings is 1. The van der Waals surface area contributed by atoms with E-state index in [1.54, 1.807) is 24.3 Å². The highest BCUT2D eigenvalue weighted by atomic mass is 79.9. The highest BCUT2D eigenvalue weighted by Crippen LogP contribution is 2.37. The molecule has 0 fully saturated rings. The lowest BCUT2D eigenvalue weighted by Gasteiger charge is -2.13. The number of aromatic nitrogens is 1. The molecule has 3 aromatic rings. The second kappa shape index (κ2) is 10.3. The number of alkyl halides is 3. The zero-order chi connectivity index (χ0) is 24.0. The molecule has 0 aliphatic rings. The second-order valence-electron chi connectivity index (χ2n) is 6.62. The number of anilines is 1. The molecule has 2 N–H and O–H groups in total. The zero-order valence-corrected chi connectivity index (χ0v) is 18.6. The van der Waals surface area contributed by atoms with Gasteiger partial charge in [0, 0.05) is 6.20 Å². The molecule has 0 radical (unpaired) electrons. The minimum Gasteiger partial charge on any atom is -0.493 e. The molecule has 7 nitrogen and oxygen atoms in total. The number of carboxylic acids is 1. The fraction of sp³-hybridized carbons (Fsp3) is 0.136. The summed E-state index contributed by atoms with van der Waals surface area (Å²) in [6.07, 6.45) is -2.29. The van der Waals surface area contributed by atoms with Gasteiger partial charge in [-0.15, -0.1) is 0 Å². The first kappa shape index (κ1) is 24.1. The molecular weight excluding hydrogens is 507 g/mol. The first-order valence-corrected chi connectivity index (χ1v) is 10.1. The van der Waals surface area contributed by atoms with Gasteiger partial charge in [-0.2, -0.15) is 18.3 Å². The molecule has 172 valence electrons. The van der Waals surface area contributed by atoms with Gasteiger partial charge in [0.05, 0.1) is 28.9 Å². The number of nitrogens with one attached hydrogen (secondary N) is 1. The lowest BCUT2D eigenvalue weighted by Crippen LogP contribution is -2.05. The topological polar surface area (TPSA) is 93.0 Å². The fourth-order valence-electron chi connectivity index (χ4n) is 2.65. The van der Waals surface area contributed by atoms with Gasteiger partial charge in [-0.1, -0.05) is 12.1 Å². The first-order valence-electron chi connectivity index (χ1n) is 9.32. The van der Waals surface area contributed by atoms with E-state index in [0.717, 1.165) is 17.8 Å². The Kier molecular flexibility index (Phi) is 7.54. The molecule has 1 heterocycles. The Balaban J connectivity index is 1.67. The molecule has 0 bridgehead atoms. The monoisotopic (exact) mass is 523 g/mol. The Morgan fingerprint density at radius 2 is 1.94 bits per heavy atom. The van der Waals surface area contributed by atoms with Crippen molar-refractivity contribution >= 4 is 33.9 Å². The normalized spacial score (nSPS) is 11.4. The Bertz CT molecular complexity index is 1150. The van der Waals surface area contributed by atoms with E-state index in [0.29, 0.717) is 21.5 Å². The Morgan fingerprint density at radius 1 is 1.21 bits per heavy atom. The van der Waals surface area contributed by atoms with Crippen LogP contribution in [0.1, 0.15) is 27.0 Å². The highest BCUT2D eigenvalue weighted by molar-refractivity contribution is 9.10. The minimum absolute atomic E-state index is 0.152. The fourth-order valence-corrected chi connectivity index (χ4v) is 3.23. The van der Waals surface area contributed by atoms with Crippen molar-refractivity contribution in [2.24, 2.45) is 5.10 Å². The molecule has 11 heteroatoms. The Morgan fingerprint density at radius 3 is 2.52 bits per heavy atom. The van der Waals surface area contributed by atoms with Crippen LogP contribution < -0.4 is 14.9 Å². The second-order valence-corrected chi connectivity index (χ2v) is 7.48. The number of nitrogens with zero attached hydrogens (tertiary/aromatic N) is 2. The van der Waals surface area contributed by atoms with Crippen LogP contribution in [0.2, 0.25) is 0 Å². The van der Waals surface area contributed by atoms with Crippen molar-refractivity contribution in [2.45, 2.75) is 12.8 Å². The molecule has 0 spiro atoms. The maximum Gasteiger partial charge on any atom is 0.417 e. The third-order valence-corrected chi connectivity index (χ3v) is 4.91. The van der Waals surface area contributed by atoms with Crippen LogP contribution in [0.3, 0.4) is 0 Å². The van der Waals surface area contributed by atoms with Gasteiger partial charge in [0.1, 0.15) is 12.4 Å². The van der Waals surface area contributed by atoms with E-state index >= 15 is 0 Å². The van der Waals surface area contributed by atoms with Crippen LogP contribution in [0.25, 0.3) is 0 Å². The van der Waals surface area contributed by atoms with Crippen LogP contribution >= 0.6 is 15.9 Å². The van der Waals surface area contributed by atoms with Crippen molar-refractivity contribution < 1.29 is 32.5 Å². The molecule has 3 rings (SSSR count). The number of hydrogen-bond donors (Lipinski definition) is 2. The highest BCUT2D eigenvalue weighted by Gasteiger charge is 2.30. The predicted molar refractivity (Wildman–Crippen MR) is 119 cm³/mol. The summed E-state index contributed by atoms with van der Waals surface area (Å²) in [5.74, 6) is 0.00171. The summed E-state index contributed by atoms with van der Waals surface area (Å²) in [4.78, 5) is 14.6. The molecule has 0 saturated carbocycles. The maximum absolute atomic E-state index is 12.6. The summed E-state index contributed by atoms with van der Waals surface area (Å²) in [6, 6.07) is 11.8. The van der Waals surface area contributed by atoms with E-state index in [1.807, 2.05) is 0 Å². The van der Waals surface area contributed by atoms with Crippen molar-refractivity contribution in [3.05, 3.63) is 81.5 Å². The number of rotatable bonds is 8. The van der Waals surface area contributed by atoms with E-state index in [9.17, 15) is 18.0 Å². The average molecular weight is 524 g/mol. The van der Waals surface area contributed by atoms with Crippen LogP contribution in [0, 0.1) is 0 Å². The maximum atomic E-state index is 12.6. The third kappa shape index (κ3) is 6.45. The number of carbonyl (C=O) groups is 1. The summed E-state index contributed by atoms with van der Waals surface area (Å²) in [6.45, 7) is 0.184. The standard InChI is InChI=1S/C22H17BrF3N3O4/c1-32-18-9-14(10-28-29-19-7-6-16(11-27-19)22(24,25)26)8-17(23)20(18)33-12-13-2-4-15(5-3-13)21(30)31/h2-11H,12H2,1H3,(H,27,29)(H,30,31)/b28-10-. The van der Waals surface area contributed by atoms with Gasteiger partial charge >= 0.3 is 12.1 Å². The number of ether oxygens (including phenoxy) is 2. The number of halogens is 4.